The molecule has 0 saturated heterocycles. The highest BCUT2D eigenvalue weighted by Crippen LogP contribution is 2.26. The molecule has 1 heterocycles. The van der Waals surface area contributed by atoms with E-state index in [1.54, 1.807) is 29.1 Å². The number of rotatable bonds is 6. The van der Waals surface area contributed by atoms with Crippen LogP contribution in [0.15, 0.2) is 30.5 Å². The van der Waals surface area contributed by atoms with E-state index in [1.807, 2.05) is 33.8 Å². The molecule has 7 heteroatoms. The Bertz CT molecular complexity index is 714. The Kier molecular flexibility index (Phi) is 6.27. The molecule has 5 nitrogen and oxygen atoms in total. The Balaban J connectivity index is 2.01. The van der Waals surface area contributed by atoms with Gasteiger partial charge in [-0.15, -0.1) is 0 Å². The van der Waals surface area contributed by atoms with Crippen LogP contribution >= 0.6 is 23.2 Å². The molecule has 0 radical (unpaired) electrons. The van der Waals surface area contributed by atoms with Gasteiger partial charge in [-0.05, 0) is 45.4 Å². The largest absolute Gasteiger partial charge is 0.310 e. The van der Waals surface area contributed by atoms with Gasteiger partial charge < -0.3 is 5.32 Å². The zero-order valence-electron chi connectivity index (χ0n) is 14.2. The first-order chi connectivity index (χ1) is 11.3. The predicted molar refractivity (Wildman–Crippen MR) is 98.7 cm³/mol. The number of carbonyl (C=O) groups excluding carboxylic acids is 1. The first-order valence-corrected chi connectivity index (χ1v) is 8.60. The first kappa shape index (κ1) is 18.8. The number of benzene rings is 1. The number of hydrogen-bond donors (Lipinski definition) is 2. The minimum atomic E-state index is -0.401. The lowest BCUT2D eigenvalue weighted by atomic mass is 10.1. The van der Waals surface area contributed by atoms with Crippen molar-refractivity contribution in [3.05, 3.63) is 46.1 Å². The van der Waals surface area contributed by atoms with E-state index in [0.29, 0.717) is 15.9 Å². The monoisotopic (exact) mass is 368 g/mol. The van der Waals surface area contributed by atoms with Crippen LogP contribution in [0.25, 0.3) is 0 Å². The molecule has 0 aliphatic heterocycles. The van der Waals surface area contributed by atoms with E-state index in [4.69, 9.17) is 23.2 Å². The van der Waals surface area contributed by atoms with Crippen molar-refractivity contribution in [2.45, 2.75) is 45.8 Å². The normalized spacial score (nSPS) is 13.8. The van der Waals surface area contributed by atoms with Crippen molar-refractivity contribution in [1.82, 2.24) is 15.1 Å². The van der Waals surface area contributed by atoms with Crippen molar-refractivity contribution in [2.75, 3.05) is 5.32 Å². The summed E-state index contributed by atoms with van der Waals surface area (Å²) in [6, 6.07) is 6.80. The van der Waals surface area contributed by atoms with Crippen LogP contribution in [0.4, 0.5) is 5.82 Å². The quantitative estimate of drug-likeness (QED) is 0.791. The van der Waals surface area contributed by atoms with Gasteiger partial charge in [-0.3, -0.25) is 10.1 Å². The van der Waals surface area contributed by atoms with Gasteiger partial charge >= 0.3 is 0 Å². The second-order valence-corrected chi connectivity index (χ2v) is 6.86. The topological polar surface area (TPSA) is 59.0 Å². The molecule has 2 aromatic rings. The first-order valence-electron chi connectivity index (χ1n) is 7.85. The van der Waals surface area contributed by atoms with E-state index in [-0.39, 0.29) is 18.0 Å². The SMILES string of the molecule is CC(C)n1nccc1NC(=O)[C@H](C)N[C@@H](C)c1ccc(Cl)cc1Cl. The number of nitrogens with zero attached hydrogens (tertiary/aromatic N) is 2. The van der Waals surface area contributed by atoms with Gasteiger partial charge in [0.1, 0.15) is 5.82 Å². The van der Waals surface area contributed by atoms with Crippen LogP contribution in [0.3, 0.4) is 0 Å². The van der Waals surface area contributed by atoms with Gasteiger partial charge in [-0.1, -0.05) is 29.3 Å². The molecule has 0 unspecified atom stereocenters. The van der Waals surface area contributed by atoms with Gasteiger partial charge in [0.15, 0.2) is 0 Å². The van der Waals surface area contributed by atoms with E-state index in [0.717, 1.165) is 5.56 Å². The van der Waals surface area contributed by atoms with Crippen molar-refractivity contribution in [2.24, 2.45) is 0 Å². The number of halogens is 2. The maximum Gasteiger partial charge on any atom is 0.242 e. The standard InChI is InChI=1S/C17H22Cl2N4O/c1-10(2)23-16(7-8-20-23)22-17(24)12(4)21-11(3)14-6-5-13(18)9-15(14)19/h5-12,21H,1-4H3,(H,22,24)/t11-,12-/m0/s1. The summed E-state index contributed by atoms with van der Waals surface area (Å²) >= 11 is 12.1. The summed E-state index contributed by atoms with van der Waals surface area (Å²) in [5.74, 6) is 0.551. The van der Waals surface area contributed by atoms with Crippen LogP contribution in [-0.4, -0.2) is 21.7 Å². The molecule has 0 saturated carbocycles. The zero-order chi connectivity index (χ0) is 17.9. The molecule has 2 N–H and O–H groups in total. The summed E-state index contributed by atoms with van der Waals surface area (Å²) in [5.41, 5.74) is 0.896. The molecule has 0 aliphatic carbocycles. The molecule has 2 atom stereocenters. The molecule has 0 fully saturated rings. The molecule has 2 rings (SSSR count). The van der Waals surface area contributed by atoms with E-state index in [1.165, 1.54) is 0 Å². The van der Waals surface area contributed by atoms with E-state index in [9.17, 15) is 4.79 Å². The fourth-order valence-electron chi connectivity index (χ4n) is 2.45. The second-order valence-electron chi connectivity index (χ2n) is 6.02. The highest BCUT2D eigenvalue weighted by molar-refractivity contribution is 6.35. The van der Waals surface area contributed by atoms with Gasteiger partial charge in [0.05, 0.1) is 12.2 Å². The fourth-order valence-corrected chi connectivity index (χ4v) is 3.02. The third-order valence-corrected chi connectivity index (χ3v) is 4.30. The van der Waals surface area contributed by atoms with Gasteiger partial charge in [-0.2, -0.15) is 5.10 Å². The van der Waals surface area contributed by atoms with E-state index >= 15 is 0 Å². The van der Waals surface area contributed by atoms with E-state index in [2.05, 4.69) is 15.7 Å². The fraction of sp³-hybridized carbons (Fsp3) is 0.412. The Morgan fingerprint density at radius 1 is 1.17 bits per heavy atom. The minimum Gasteiger partial charge on any atom is -0.310 e. The van der Waals surface area contributed by atoms with Crippen molar-refractivity contribution < 1.29 is 4.79 Å². The number of nitrogens with one attached hydrogen (secondary N) is 2. The number of aromatic nitrogens is 2. The van der Waals surface area contributed by atoms with Crippen molar-refractivity contribution >= 4 is 34.9 Å². The number of amides is 1. The van der Waals surface area contributed by atoms with Crippen LogP contribution in [0, 0.1) is 0 Å². The maximum absolute atomic E-state index is 12.4. The summed E-state index contributed by atoms with van der Waals surface area (Å²) in [5, 5.41) is 11.5. The van der Waals surface area contributed by atoms with Crippen LogP contribution in [0.2, 0.25) is 10.0 Å². The molecular weight excluding hydrogens is 347 g/mol. The smallest absolute Gasteiger partial charge is 0.242 e. The second kappa shape index (κ2) is 8.01. The Labute approximate surface area is 152 Å². The predicted octanol–water partition coefficient (Wildman–Crippen LogP) is 4.45. The zero-order valence-corrected chi connectivity index (χ0v) is 15.7. The molecule has 0 bridgehead atoms. The molecule has 1 aromatic heterocycles. The van der Waals surface area contributed by atoms with Gasteiger partial charge in [-0.25, -0.2) is 4.68 Å². The van der Waals surface area contributed by atoms with Crippen molar-refractivity contribution in [3.63, 3.8) is 0 Å². The molecule has 24 heavy (non-hydrogen) atoms. The van der Waals surface area contributed by atoms with Crippen LogP contribution in [0.1, 0.15) is 45.3 Å². The van der Waals surface area contributed by atoms with Crippen LogP contribution in [0.5, 0.6) is 0 Å². The highest BCUT2D eigenvalue weighted by Gasteiger charge is 2.19. The maximum atomic E-state index is 12.4. The lowest BCUT2D eigenvalue weighted by Crippen LogP contribution is -2.39. The van der Waals surface area contributed by atoms with Crippen molar-refractivity contribution in [1.29, 1.82) is 0 Å². The number of hydrogen-bond acceptors (Lipinski definition) is 3. The van der Waals surface area contributed by atoms with Crippen molar-refractivity contribution in [3.8, 4) is 0 Å². The van der Waals surface area contributed by atoms with Gasteiger partial charge in [0, 0.05) is 28.2 Å². The molecule has 0 aliphatic rings. The molecule has 130 valence electrons. The lowest BCUT2D eigenvalue weighted by Gasteiger charge is -2.21. The average Bonchev–Trinajstić information content (AvgIpc) is 2.95. The minimum absolute atomic E-state index is 0.0921. The van der Waals surface area contributed by atoms with Crippen LogP contribution in [-0.2, 0) is 4.79 Å². The summed E-state index contributed by atoms with van der Waals surface area (Å²) < 4.78 is 1.77. The number of anilines is 1. The third-order valence-electron chi connectivity index (χ3n) is 3.73. The molecular formula is C17H22Cl2N4O. The molecule has 1 aromatic carbocycles. The highest BCUT2D eigenvalue weighted by atomic mass is 35.5. The Morgan fingerprint density at radius 2 is 1.88 bits per heavy atom. The number of carbonyl (C=O) groups is 1. The average molecular weight is 369 g/mol. The molecule has 0 spiro atoms. The Hall–Kier alpha value is -1.56. The summed E-state index contributed by atoms with van der Waals surface area (Å²) in [7, 11) is 0. The summed E-state index contributed by atoms with van der Waals surface area (Å²) in [4.78, 5) is 12.4. The molecule has 1 amide bonds. The van der Waals surface area contributed by atoms with E-state index < -0.39 is 6.04 Å². The van der Waals surface area contributed by atoms with Gasteiger partial charge in [0.2, 0.25) is 5.91 Å². The summed E-state index contributed by atoms with van der Waals surface area (Å²) in [6.45, 7) is 7.78. The third kappa shape index (κ3) is 4.50. The lowest BCUT2D eigenvalue weighted by molar-refractivity contribution is -0.118. The van der Waals surface area contributed by atoms with Crippen LogP contribution < -0.4 is 10.6 Å². The van der Waals surface area contributed by atoms with Gasteiger partial charge in [0.25, 0.3) is 0 Å². The summed E-state index contributed by atoms with van der Waals surface area (Å²) in [6.07, 6.45) is 1.67. The Morgan fingerprint density at radius 3 is 2.50 bits per heavy atom.